The van der Waals surface area contributed by atoms with Crippen LogP contribution in [0.3, 0.4) is 0 Å². The number of halogens is 1. The van der Waals surface area contributed by atoms with Gasteiger partial charge >= 0.3 is 5.97 Å². The van der Waals surface area contributed by atoms with Crippen LogP contribution >= 0.6 is 39.5 Å². The van der Waals surface area contributed by atoms with E-state index in [1.807, 2.05) is 25.1 Å². The first-order valence-corrected chi connectivity index (χ1v) is 9.57. The summed E-state index contributed by atoms with van der Waals surface area (Å²) < 4.78 is 5.87. The summed E-state index contributed by atoms with van der Waals surface area (Å²) >= 11 is 10.4. The van der Waals surface area contributed by atoms with Crippen molar-refractivity contribution in [3.63, 3.8) is 0 Å². The molecule has 0 bridgehead atoms. The zero-order valence-corrected chi connectivity index (χ0v) is 17.0. The van der Waals surface area contributed by atoms with Crippen LogP contribution in [0.25, 0.3) is 0 Å². The lowest BCUT2D eigenvalue weighted by molar-refractivity contribution is 0.0602. The topological polar surface area (TPSA) is 50.4 Å². The van der Waals surface area contributed by atoms with Gasteiger partial charge in [0, 0.05) is 15.0 Å². The van der Waals surface area contributed by atoms with Crippen LogP contribution in [0.1, 0.15) is 34.6 Å². The largest absolute Gasteiger partial charge is 0.465 e. The zero-order valence-electron chi connectivity index (χ0n) is 13.7. The number of thiophene rings is 1. The van der Waals surface area contributed by atoms with E-state index in [9.17, 15) is 4.79 Å². The van der Waals surface area contributed by atoms with Crippen molar-refractivity contribution in [2.24, 2.45) is 0 Å². The van der Waals surface area contributed by atoms with E-state index in [0.717, 1.165) is 33.4 Å². The van der Waals surface area contributed by atoms with Crippen LogP contribution in [0.15, 0.2) is 28.7 Å². The van der Waals surface area contributed by atoms with Crippen LogP contribution in [-0.2, 0) is 17.6 Å². The lowest BCUT2D eigenvalue weighted by Crippen LogP contribution is -2.20. The molecule has 0 amide bonds. The molecule has 0 unspecified atom stereocenters. The summed E-state index contributed by atoms with van der Waals surface area (Å²) in [6, 6.07) is 7.85. The third kappa shape index (κ3) is 4.55. The molecule has 4 nitrogen and oxygen atoms in total. The number of aryl methyl sites for hydroxylation is 2. The molecule has 0 saturated carbocycles. The minimum atomic E-state index is -0.367. The molecule has 1 aromatic heterocycles. The number of hydrogen-bond donors (Lipinski definition) is 2. The van der Waals surface area contributed by atoms with Gasteiger partial charge in [0.1, 0.15) is 5.00 Å². The van der Waals surface area contributed by atoms with Crippen molar-refractivity contribution in [1.29, 1.82) is 0 Å². The Balaban J connectivity index is 2.18. The third-order valence-electron chi connectivity index (χ3n) is 3.46. The van der Waals surface area contributed by atoms with Gasteiger partial charge < -0.3 is 15.4 Å². The van der Waals surface area contributed by atoms with Crippen LogP contribution in [-0.4, -0.2) is 18.2 Å². The molecule has 2 aromatic rings. The van der Waals surface area contributed by atoms with E-state index < -0.39 is 0 Å². The summed E-state index contributed by atoms with van der Waals surface area (Å²) in [5, 5.41) is 7.47. The molecule has 128 valence electrons. The number of benzene rings is 1. The second-order valence-corrected chi connectivity index (χ2v) is 7.50. The van der Waals surface area contributed by atoms with E-state index in [4.69, 9.17) is 17.0 Å². The lowest BCUT2D eigenvalue weighted by Gasteiger charge is -2.13. The van der Waals surface area contributed by atoms with Crippen molar-refractivity contribution >= 4 is 61.3 Å². The van der Waals surface area contributed by atoms with Crippen molar-refractivity contribution in [1.82, 2.24) is 0 Å². The molecule has 0 aliphatic heterocycles. The highest BCUT2D eigenvalue weighted by Gasteiger charge is 2.17. The van der Waals surface area contributed by atoms with E-state index in [-0.39, 0.29) is 5.97 Å². The summed E-state index contributed by atoms with van der Waals surface area (Å²) in [4.78, 5) is 13.0. The second-order valence-electron chi connectivity index (χ2n) is 5.03. The number of esters is 1. The first-order valence-electron chi connectivity index (χ1n) is 7.55. The molecule has 0 aliphatic carbocycles. The highest BCUT2D eigenvalue weighted by atomic mass is 79.9. The maximum Gasteiger partial charge on any atom is 0.340 e. The highest BCUT2D eigenvalue weighted by Crippen LogP contribution is 2.30. The Morgan fingerprint density at radius 2 is 2.00 bits per heavy atom. The van der Waals surface area contributed by atoms with Crippen LogP contribution < -0.4 is 10.6 Å². The second kappa shape index (κ2) is 8.60. The van der Waals surface area contributed by atoms with Gasteiger partial charge in [-0.2, -0.15) is 0 Å². The Bertz CT molecular complexity index is 759. The van der Waals surface area contributed by atoms with Gasteiger partial charge in [-0.25, -0.2) is 4.79 Å². The van der Waals surface area contributed by atoms with Gasteiger partial charge in [-0.05, 0) is 54.9 Å². The first kappa shape index (κ1) is 18.9. The van der Waals surface area contributed by atoms with Crippen LogP contribution in [0.5, 0.6) is 0 Å². The minimum absolute atomic E-state index is 0.367. The normalized spacial score (nSPS) is 10.3. The van der Waals surface area contributed by atoms with Crippen LogP contribution in [0.2, 0.25) is 0 Å². The number of nitrogens with one attached hydrogen (secondary N) is 2. The highest BCUT2D eigenvalue weighted by molar-refractivity contribution is 9.10. The average molecular weight is 427 g/mol. The van der Waals surface area contributed by atoms with E-state index in [0.29, 0.717) is 15.7 Å². The molecule has 2 N–H and O–H groups in total. The standard InChI is InChI=1S/C17H19BrN2O2S2/c1-4-10-8-11(18)6-7-14(10)19-17(23)20-15-13(16(21)22-3)9-12(5-2)24-15/h6-9H,4-5H2,1-3H3,(H2,19,20,23). The Kier molecular flexibility index (Phi) is 6.77. The van der Waals surface area contributed by atoms with Gasteiger partial charge in [-0.3, -0.25) is 0 Å². The summed E-state index contributed by atoms with van der Waals surface area (Å²) in [6.45, 7) is 4.13. The maximum absolute atomic E-state index is 11.9. The lowest BCUT2D eigenvalue weighted by atomic mass is 10.1. The Hall–Kier alpha value is -1.44. The molecule has 2 rings (SSSR count). The molecule has 0 spiro atoms. The molecule has 0 atom stereocenters. The smallest absolute Gasteiger partial charge is 0.340 e. The van der Waals surface area contributed by atoms with Gasteiger partial charge in [-0.1, -0.05) is 29.8 Å². The first-order chi connectivity index (χ1) is 11.5. The number of ether oxygens (including phenoxy) is 1. The Morgan fingerprint density at radius 1 is 1.25 bits per heavy atom. The van der Waals surface area contributed by atoms with Crippen molar-refractivity contribution in [3.8, 4) is 0 Å². The molecule has 24 heavy (non-hydrogen) atoms. The Labute approximate surface area is 159 Å². The fourth-order valence-electron chi connectivity index (χ4n) is 2.20. The zero-order chi connectivity index (χ0) is 17.7. The summed E-state index contributed by atoms with van der Waals surface area (Å²) in [7, 11) is 1.38. The molecule has 0 saturated heterocycles. The number of hydrogen-bond acceptors (Lipinski definition) is 4. The number of methoxy groups -OCH3 is 1. The SMILES string of the molecule is CCc1cc(C(=O)OC)c(NC(=S)Nc2ccc(Br)cc2CC)s1. The molecular weight excluding hydrogens is 408 g/mol. The third-order valence-corrected chi connectivity index (χ3v) is 5.35. The monoisotopic (exact) mass is 426 g/mol. The molecule has 7 heteroatoms. The van der Waals surface area contributed by atoms with Crippen molar-refractivity contribution in [2.75, 3.05) is 17.7 Å². The van der Waals surface area contributed by atoms with E-state index in [2.05, 4.69) is 39.6 Å². The van der Waals surface area contributed by atoms with Gasteiger partial charge in [0.05, 0.1) is 12.7 Å². The number of carbonyl (C=O) groups is 1. The number of thiocarbonyl (C=S) groups is 1. The van der Waals surface area contributed by atoms with Gasteiger partial charge in [0.15, 0.2) is 5.11 Å². The van der Waals surface area contributed by atoms with Crippen LogP contribution in [0.4, 0.5) is 10.7 Å². The van der Waals surface area contributed by atoms with Crippen molar-refractivity contribution < 1.29 is 9.53 Å². The summed E-state index contributed by atoms with van der Waals surface area (Å²) in [5.74, 6) is -0.367. The van der Waals surface area contributed by atoms with E-state index >= 15 is 0 Å². The fraction of sp³-hybridized carbons (Fsp3) is 0.294. The maximum atomic E-state index is 11.9. The van der Waals surface area contributed by atoms with E-state index in [1.54, 1.807) is 0 Å². The van der Waals surface area contributed by atoms with Crippen LogP contribution in [0, 0.1) is 0 Å². The molecule has 1 aromatic carbocycles. The van der Waals surface area contributed by atoms with Gasteiger partial charge in [0.2, 0.25) is 0 Å². The average Bonchev–Trinajstić information content (AvgIpc) is 2.98. The number of rotatable bonds is 5. The summed E-state index contributed by atoms with van der Waals surface area (Å²) in [5.41, 5.74) is 2.61. The minimum Gasteiger partial charge on any atom is -0.465 e. The molecule has 0 radical (unpaired) electrons. The van der Waals surface area contributed by atoms with Crippen molar-refractivity contribution in [3.05, 3.63) is 44.7 Å². The number of anilines is 2. The summed E-state index contributed by atoms with van der Waals surface area (Å²) in [6.07, 6.45) is 1.74. The molecule has 0 aliphatic rings. The molecular formula is C17H19BrN2O2S2. The molecule has 1 heterocycles. The predicted octanol–water partition coefficient (Wildman–Crippen LogP) is 5.23. The fourth-order valence-corrected chi connectivity index (χ4v) is 3.88. The number of carbonyl (C=O) groups excluding carboxylic acids is 1. The Morgan fingerprint density at radius 3 is 2.62 bits per heavy atom. The van der Waals surface area contributed by atoms with Crippen molar-refractivity contribution in [2.45, 2.75) is 26.7 Å². The quantitative estimate of drug-likeness (QED) is 0.506. The van der Waals surface area contributed by atoms with E-state index in [1.165, 1.54) is 18.4 Å². The van der Waals surface area contributed by atoms with Gasteiger partial charge in [0.25, 0.3) is 0 Å². The predicted molar refractivity (Wildman–Crippen MR) is 108 cm³/mol. The van der Waals surface area contributed by atoms with Gasteiger partial charge in [-0.15, -0.1) is 11.3 Å². The molecule has 0 fully saturated rings.